The van der Waals surface area contributed by atoms with E-state index in [-0.39, 0.29) is 6.04 Å². The predicted molar refractivity (Wildman–Crippen MR) is 131 cm³/mol. The molecule has 34 heavy (non-hydrogen) atoms. The maximum atomic E-state index is 6.54. The van der Waals surface area contributed by atoms with Gasteiger partial charge in [-0.2, -0.15) is 5.10 Å². The van der Waals surface area contributed by atoms with E-state index in [0.29, 0.717) is 45.3 Å². The Morgan fingerprint density at radius 2 is 1.76 bits per heavy atom. The van der Waals surface area contributed by atoms with Crippen LogP contribution in [-0.4, -0.2) is 43.0 Å². The van der Waals surface area contributed by atoms with Crippen LogP contribution < -0.4 is 11.1 Å². The van der Waals surface area contributed by atoms with E-state index in [1.165, 1.54) is 5.56 Å². The molecule has 5 heterocycles. The summed E-state index contributed by atoms with van der Waals surface area (Å²) in [5, 5.41) is 13.9. The van der Waals surface area contributed by atoms with E-state index in [2.05, 4.69) is 15.5 Å². The molecule has 0 amide bonds. The van der Waals surface area contributed by atoms with E-state index >= 15 is 0 Å². The largest absolute Gasteiger partial charge is 0.383 e. The molecule has 0 bridgehead atoms. The number of nitrogens with two attached hydrogens (primary N) is 1. The Morgan fingerprint density at radius 1 is 1.03 bits per heavy atom. The number of rotatable bonds is 5. The molecule has 1 aliphatic heterocycles. The van der Waals surface area contributed by atoms with Gasteiger partial charge in [-0.3, -0.25) is 4.68 Å². The Balaban J connectivity index is 1.51. The number of piperidine rings is 1. The van der Waals surface area contributed by atoms with Crippen LogP contribution in [0.25, 0.3) is 33.7 Å². The van der Waals surface area contributed by atoms with Crippen LogP contribution in [0.15, 0.2) is 23.1 Å². The third-order valence-electron chi connectivity index (χ3n) is 6.80. The summed E-state index contributed by atoms with van der Waals surface area (Å²) in [6, 6.07) is 0.0642. The van der Waals surface area contributed by atoms with Crippen LogP contribution in [0.5, 0.6) is 0 Å². The van der Waals surface area contributed by atoms with Crippen LogP contribution in [0.3, 0.4) is 0 Å². The van der Waals surface area contributed by atoms with Gasteiger partial charge in [-0.05, 0) is 64.1 Å². The highest BCUT2D eigenvalue weighted by Crippen LogP contribution is 2.48. The number of nitrogens with one attached hydrogen (secondary N) is 1. The Kier molecular flexibility index (Phi) is 5.26. The van der Waals surface area contributed by atoms with E-state index in [1.54, 1.807) is 6.20 Å². The second-order valence-corrected chi connectivity index (χ2v) is 9.92. The lowest BCUT2D eigenvalue weighted by atomic mass is 9.92. The van der Waals surface area contributed by atoms with Gasteiger partial charge in [-0.15, -0.1) is 0 Å². The maximum Gasteiger partial charge on any atom is 0.165 e. The number of halogens is 1. The molecule has 4 aromatic heterocycles. The van der Waals surface area contributed by atoms with Gasteiger partial charge in [0.1, 0.15) is 17.2 Å². The number of hydrogen-bond donors (Lipinski definition) is 2. The van der Waals surface area contributed by atoms with Crippen molar-refractivity contribution in [2.45, 2.75) is 57.4 Å². The molecule has 6 rings (SSSR count). The van der Waals surface area contributed by atoms with Crippen molar-refractivity contribution in [3.05, 3.63) is 34.9 Å². The van der Waals surface area contributed by atoms with Crippen molar-refractivity contribution in [3.8, 4) is 22.8 Å². The average Bonchev–Trinajstić information content (AvgIpc) is 3.46. The Labute approximate surface area is 202 Å². The zero-order valence-corrected chi connectivity index (χ0v) is 20.0. The lowest BCUT2D eigenvalue weighted by Gasteiger charge is -2.22. The zero-order chi connectivity index (χ0) is 23.4. The summed E-state index contributed by atoms with van der Waals surface area (Å²) >= 11 is 6.54. The van der Waals surface area contributed by atoms with Crippen molar-refractivity contribution in [3.63, 3.8) is 0 Å². The molecule has 1 aliphatic carbocycles. The quantitative estimate of drug-likeness (QED) is 0.423. The van der Waals surface area contributed by atoms with Crippen molar-refractivity contribution < 1.29 is 4.52 Å². The molecular formula is C24H27ClN8O. The van der Waals surface area contributed by atoms with E-state index in [9.17, 15) is 0 Å². The van der Waals surface area contributed by atoms with E-state index in [0.717, 1.165) is 55.6 Å². The van der Waals surface area contributed by atoms with Crippen molar-refractivity contribution in [2.75, 3.05) is 18.8 Å². The summed E-state index contributed by atoms with van der Waals surface area (Å²) in [5.74, 6) is 2.56. The highest BCUT2D eigenvalue weighted by molar-refractivity contribution is 6.35. The number of aromatic nitrogens is 6. The molecule has 0 unspecified atom stereocenters. The van der Waals surface area contributed by atoms with Gasteiger partial charge in [-0.25, -0.2) is 15.0 Å². The minimum Gasteiger partial charge on any atom is -0.383 e. The van der Waals surface area contributed by atoms with Crippen molar-refractivity contribution in [1.82, 2.24) is 35.2 Å². The maximum absolute atomic E-state index is 6.54. The van der Waals surface area contributed by atoms with Crippen LogP contribution in [0, 0.1) is 0 Å². The van der Waals surface area contributed by atoms with Crippen LogP contribution >= 0.6 is 11.6 Å². The molecule has 1 saturated carbocycles. The van der Waals surface area contributed by atoms with Crippen molar-refractivity contribution in [1.29, 1.82) is 0 Å². The van der Waals surface area contributed by atoms with Crippen LogP contribution in [0.2, 0.25) is 5.02 Å². The second-order valence-electron chi connectivity index (χ2n) is 9.51. The highest BCUT2D eigenvalue weighted by atomic mass is 35.5. The Bertz CT molecular complexity index is 1350. The lowest BCUT2D eigenvalue weighted by molar-refractivity contribution is 0.386. The molecule has 0 aromatic carbocycles. The summed E-state index contributed by atoms with van der Waals surface area (Å²) in [6.07, 6.45) is 9.77. The summed E-state index contributed by atoms with van der Waals surface area (Å²) in [6.45, 7) is 6.14. The topological polar surface area (TPSA) is 121 Å². The standard InChI is InChI=1S/C24H27ClN8O/c1-12(2)33-21-16(25)11-28-23(26)17(21)19(31-33)20-18(22(34-32-20)14-3-4-14)24-29-9-15(10-30-24)13-5-7-27-8-6-13/h9-14,27H,3-8H2,1-2H3,(H2,26,28). The lowest BCUT2D eigenvalue weighted by Crippen LogP contribution is -2.26. The van der Waals surface area contributed by atoms with E-state index in [1.807, 2.05) is 30.9 Å². The van der Waals surface area contributed by atoms with Gasteiger partial charge >= 0.3 is 0 Å². The monoisotopic (exact) mass is 478 g/mol. The summed E-state index contributed by atoms with van der Waals surface area (Å²) < 4.78 is 7.74. The number of nitrogen functional groups attached to an aromatic ring is 1. The molecule has 176 valence electrons. The van der Waals surface area contributed by atoms with Gasteiger partial charge in [0.05, 0.1) is 27.7 Å². The van der Waals surface area contributed by atoms with Gasteiger partial charge in [0.15, 0.2) is 11.6 Å². The molecule has 1 saturated heterocycles. The number of anilines is 1. The fourth-order valence-corrected chi connectivity index (χ4v) is 5.07. The molecule has 10 heteroatoms. The number of hydrogen-bond acceptors (Lipinski definition) is 8. The van der Waals surface area contributed by atoms with Gasteiger partial charge in [0.2, 0.25) is 0 Å². The van der Waals surface area contributed by atoms with E-state index < -0.39 is 0 Å². The number of fused-ring (bicyclic) bond motifs is 1. The third-order valence-corrected chi connectivity index (χ3v) is 7.07. The molecule has 2 fully saturated rings. The second kappa shape index (κ2) is 8.32. The van der Waals surface area contributed by atoms with Gasteiger partial charge in [0.25, 0.3) is 0 Å². The van der Waals surface area contributed by atoms with Crippen LogP contribution in [0.4, 0.5) is 5.82 Å². The molecule has 4 aromatic rings. The first-order valence-corrected chi connectivity index (χ1v) is 12.3. The first-order valence-electron chi connectivity index (χ1n) is 11.9. The minimum absolute atomic E-state index is 0.0642. The summed E-state index contributed by atoms with van der Waals surface area (Å²) in [4.78, 5) is 13.8. The molecule has 3 N–H and O–H groups in total. The van der Waals surface area contributed by atoms with Gasteiger partial charge in [0, 0.05) is 24.4 Å². The third kappa shape index (κ3) is 3.54. The number of pyridine rings is 1. The van der Waals surface area contributed by atoms with Crippen LogP contribution in [0.1, 0.15) is 68.7 Å². The predicted octanol–water partition coefficient (Wildman–Crippen LogP) is 4.70. The Morgan fingerprint density at radius 3 is 2.44 bits per heavy atom. The molecule has 0 radical (unpaired) electrons. The average molecular weight is 479 g/mol. The van der Waals surface area contributed by atoms with E-state index in [4.69, 9.17) is 36.9 Å². The first-order chi connectivity index (χ1) is 16.5. The Hall–Kier alpha value is -3.04. The molecule has 0 spiro atoms. The molecule has 0 atom stereocenters. The number of nitrogens with zero attached hydrogens (tertiary/aromatic N) is 6. The smallest absolute Gasteiger partial charge is 0.165 e. The van der Waals surface area contributed by atoms with Gasteiger partial charge in [-0.1, -0.05) is 16.8 Å². The summed E-state index contributed by atoms with van der Waals surface area (Å²) in [5.41, 5.74) is 10.2. The highest BCUT2D eigenvalue weighted by Gasteiger charge is 2.36. The molecule has 2 aliphatic rings. The fourth-order valence-electron chi connectivity index (χ4n) is 4.84. The fraction of sp³-hybridized carbons (Fsp3) is 0.458. The van der Waals surface area contributed by atoms with Crippen molar-refractivity contribution >= 4 is 28.3 Å². The zero-order valence-electron chi connectivity index (χ0n) is 19.3. The minimum atomic E-state index is 0.0642. The first kappa shape index (κ1) is 21.5. The van der Waals surface area contributed by atoms with Gasteiger partial charge < -0.3 is 15.6 Å². The normalized spacial score (nSPS) is 17.2. The summed E-state index contributed by atoms with van der Waals surface area (Å²) in [7, 11) is 0. The van der Waals surface area contributed by atoms with Crippen molar-refractivity contribution in [2.24, 2.45) is 0 Å². The van der Waals surface area contributed by atoms with Crippen LogP contribution in [-0.2, 0) is 0 Å². The SMILES string of the molecule is CC(C)n1nc(-c2noc(C3CC3)c2-c2ncc(C3CCNCC3)cn2)c2c(N)ncc(Cl)c21. The molecule has 9 nitrogen and oxygen atoms in total. The molecular weight excluding hydrogens is 452 g/mol.